The zero-order valence-corrected chi connectivity index (χ0v) is 21.7. The van der Waals surface area contributed by atoms with Gasteiger partial charge in [-0.3, -0.25) is 19.4 Å². The summed E-state index contributed by atoms with van der Waals surface area (Å²) in [6.07, 6.45) is 0.767. The lowest BCUT2D eigenvalue weighted by molar-refractivity contribution is -0.127. The second-order valence-corrected chi connectivity index (χ2v) is 8.94. The number of carbonyl (C=O) groups excluding carboxylic acids is 3. The van der Waals surface area contributed by atoms with Gasteiger partial charge >= 0.3 is 0 Å². The standard InChI is InChI=1S/C27H30ClN7O4/c28-17-9-4-10-18(15-17)39-23-19(24(30)36)11-5-13-21(23)34-26(38)22(16-7-2-1-3-8-16)35-25(37)20(29)12-6-14-33-27(31)32/h1-5,7-11,13,15,20,22H,6,12,14,29H2,(H2,30,36)(H,34,38)(H,35,37)(H4,31,32,33)/t20-,22-/m0/s1. The molecule has 3 aromatic carbocycles. The van der Waals surface area contributed by atoms with E-state index in [0.29, 0.717) is 35.7 Å². The Morgan fingerprint density at radius 2 is 1.64 bits per heavy atom. The molecule has 3 amide bonds. The Morgan fingerprint density at radius 1 is 0.923 bits per heavy atom. The average molecular weight is 552 g/mol. The molecular weight excluding hydrogens is 522 g/mol. The molecule has 3 rings (SSSR count). The van der Waals surface area contributed by atoms with Crippen LogP contribution in [0.1, 0.15) is 34.8 Å². The van der Waals surface area contributed by atoms with Crippen molar-refractivity contribution in [1.82, 2.24) is 5.32 Å². The van der Waals surface area contributed by atoms with Gasteiger partial charge < -0.3 is 38.3 Å². The lowest BCUT2D eigenvalue weighted by atomic mass is 10.0. The number of primary amides is 1. The Kier molecular flexibility index (Phi) is 10.2. The van der Waals surface area contributed by atoms with Crippen LogP contribution >= 0.6 is 11.6 Å². The molecule has 12 heteroatoms. The lowest BCUT2D eigenvalue weighted by Crippen LogP contribution is -2.45. The number of anilines is 1. The van der Waals surface area contributed by atoms with Crippen molar-refractivity contribution in [3.63, 3.8) is 0 Å². The van der Waals surface area contributed by atoms with Crippen LogP contribution in [0.2, 0.25) is 5.02 Å². The topological polar surface area (TPSA) is 201 Å². The van der Waals surface area contributed by atoms with Crippen molar-refractivity contribution in [3.8, 4) is 11.5 Å². The van der Waals surface area contributed by atoms with E-state index in [9.17, 15) is 14.4 Å². The monoisotopic (exact) mass is 551 g/mol. The first-order valence-corrected chi connectivity index (χ1v) is 12.4. The number of ether oxygens (including phenoxy) is 1. The van der Waals surface area contributed by atoms with Crippen LogP contribution in [0.4, 0.5) is 5.69 Å². The van der Waals surface area contributed by atoms with Crippen LogP contribution in [0, 0.1) is 0 Å². The van der Waals surface area contributed by atoms with E-state index in [4.69, 9.17) is 39.3 Å². The van der Waals surface area contributed by atoms with Crippen molar-refractivity contribution in [2.75, 3.05) is 11.9 Å². The van der Waals surface area contributed by atoms with Gasteiger partial charge in [0.15, 0.2) is 11.7 Å². The number of nitrogens with two attached hydrogens (primary N) is 4. The summed E-state index contributed by atoms with van der Waals surface area (Å²) in [5, 5.41) is 5.86. The molecule has 3 aromatic rings. The van der Waals surface area contributed by atoms with Crippen LogP contribution < -0.4 is 38.3 Å². The van der Waals surface area contributed by atoms with E-state index in [1.54, 1.807) is 66.7 Å². The quantitative estimate of drug-likeness (QED) is 0.113. The summed E-state index contributed by atoms with van der Waals surface area (Å²) in [5.41, 5.74) is 23.0. The van der Waals surface area contributed by atoms with Gasteiger partial charge in [0, 0.05) is 11.6 Å². The predicted octanol–water partition coefficient (Wildman–Crippen LogP) is 2.41. The molecule has 204 valence electrons. The van der Waals surface area contributed by atoms with Gasteiger partial charge in [-0.05, 0) is 48.7 Å². The highest BCUT2D eigenvalue weighted by molar-refractivity contribution is 6.30. The molecule has 39 heavy (non-hydrogen) atoms. The highest BCUT2D eigenvalue weighted by atomic mass is 35.5. The van der Waals surface area contributed by atoms with Crippen molar-refractivity contribution in [2.24, 2.45) is 27.9 Å². The number of benzene rings is 3. The van der Waals surface area contributed by atoms with E-state index in [1.807, 2.05) is 0 Å². The van der Waals surface area contributed by atoms with Crippen LogP contribution in [0.5, 0.6) is 11.5 Å². The maximum atomic E-state index is 13.5. The van der Waals surface area contributed by atoms with Crippen molar-refractivity contribution in [2.45, 2.75) is 24.9 Å². The molecular formula is C27H30ClN7O4. The largest absolute Gasteiger partial charge is 0.454 e. The molecule has 0 radical (unpaired) electrons. The van der Waals surface area contributed by atoms with Gasteiger partial charge in [0.1, 0.15) is 11.8 Å². The van der Waals surface area contributed by atoms with E-state index < -0.39 is 29.8 Å². The molecule has 0 aliphatic heterocycles. The summed E-state index contributed by atoms with van der Waals surface area (Å²) in [7, 11) is 0. The minimum absolute atomic E-state index is 0.0233. The van der Waals surface area contributed by atoms with Crippen LogP contribution in [0.25, 0.3) is 0 Å². The fourth-order valence-electron chi connectivity index (χ4n) is 3.64. The number of aliphatic imine (C=N–C) groups is 1. The number of nitrogens with zero attached hydrogens (tertiary/aromatic N) is 1. The second-order valence-electron chi connectivity index (χ2n) is 8.50. The molecule has 0 saturated heterocycles. The van der Waals surface area contributed by atoms with Gasteiger partial charge in [0.2, 0.25) is 5.91 Å². The molecule has 0 aliphatic carbocycles. The normalized spacial score (nSPS) is 12.1. The predicted molar refractivity (Wildman–Crippen MR) is 150 cm³/mol. The lowest BCUT2D eigenvalue weighted by Gasteiger charge is -2.22. The van der Waals surface area contributed by atoms with E-state index in [1.165, 1.54) is 6.07 Å². The fourth-order valence-corrected chi connectivity index (χ4v) is 3.82. The minimum Gasteiger partial charge on any atom is -0.454 e. The maximum Gasteiger partial charge on any atom is 0.252 e. The van der Waals surface area contributed by atoms with Crippen LogP contribution in [-0.4, -0.2) is 36.3 Å². The number of hydrogen-bond acceptors (Lipinski definition) is 6. The summed E-state index contributed by atoms with van der Waals surface area (Å²) in [6, 6.07) is 17.7. The fraction of sp³-hybridized carbons (Fsp3) is 0.185. The zero-order chi connectivity index (χ0) is 28.4. The number of rotatable bonds is 12. The summed E-state index contributed by atoms with van der Waals surface area (Å²) in [4.78, 5) is 42.5. The Bertz CT molecular complexity index is 1350. The first-order valence-electron chi connectivity index (χ1n) is 12.0. The molecule has 0 spiro atoms. The maximum absolute atomic E-state index is 13.5. The summed E-state index contributed by atoms with van der Waals surface area (Å²) in [6.45, 7) is 0.317. The number of amides is 3. The third kappa shape index (κ3) is 8.45. The van der Waals surface area contributed by atoms with Crippen molar-refractivity contribution in [1.29, 1.82) is 0 Å². The number of guanidine groups is 1. The Hall–Kier alpha value is -4.61. The van der Waals surface area contributed by atoms with E-state index in [-0.39, 0.29) is 23.0 Å². The van der Waals surface area contributed by atoms with Crippen molar-refractivity contribution in [3.05, 3.63) is 88.9 Å². The summed E-state index contributed by atoms with van der Waals surface area (Å²) >= 11 is 6.07. The third-order valence-electron chi connectivity index (χ3n) is 5.54. The molecule has 11 nitrogen and oxygen atoms in total. The summed E-state index contributed by atoms with van der Waals surface area (Å²) in [5.74, 6) is -1.60. The molecule has 0 heterocycles. The summed E-state index contributed by atoms with van der Waals surface area (Å²) < 4.78 is 5.92. The van der Waals surface area contributed by atoms with Gasteiger partial charge in [0.25, 0.3) is 11.8 Å². The van der Waals surface area contributed by atoms with Crippen LogP contribution in [0.3, 0.4) is 0 Å². The third-order valence-corrected chi connectivity index (χ3v) is 5.78. The molecule has 0 aromatic heterocycles. The highest BCUT2D eigenvalue weighted by Gasteiger charge is 2.27. The van der Waals surface area contributed by atoms with E-state index in [2.05, 4.69) is 15.6 Å². The first kappa shape index (κ1) is 29.0. The Morgan fingerprint density at radius 3 is 2.31 bits per heavy atom. The molecule has 0 fully saturated rings. The number of hydrogen-bond donors (Lipinski definition) is 6. The van der Waals surface area contributed by atoms with Gasteiger partial charge in [-0.15, -0.1) is 0 Å². The second kappa shape index (κ2) is 13.8. The number of halogens is 1. The molecule has 10 N–H and O–H groups in total. The Balaban J connectivity index is 1.86. The van der Waals surface area contributed by atoms with Crippen LogP contribution in [0.15, 0.2) is 77.8 Å². The number of carbonyl (C=O) groups is 3. The highest BCUT2D eigenvalue weighted by Crippen LogP contribution is 2.34. The molecule has 0 saturated carbocycles. The average Bonchev–Trinajstić information content (AvgIpc) is 2.90. The molecule has 2 atom stereocenters. The minimum atomic E-state index is -1.11. The van der Waals surface area contributed by atoms with E-state index >= 15 is 0 Å². The van der Waals surface area contributed by atoms with Gasteiger partial charge in [-0.2, -0.15) is 0 Å². The molecule has 0 bridgehead atoms. The first-order chi connectivity index (χ1) is 18.7. The number of para-hydroxylation sites is 1. The van der Waals surface area contributed by atoms with E-state index in [0.717, 1.165) is 0 Å². The molecule has 0 aliphatic rings. The van der Waals surface area contributed by atoms with Gasteiger partial charge in [-0.25, -0.2) is 0 Å². The van der Waals surface area contributed by atoms with Crippen LogP contribution in [-0.2, 0) is 9.59 Å². The van der Waals surface area contributed by atoms with Crippen molar-refractivity contribution < 1.29 is 19.1 Å². The molecule has 0 unspecified atom stereocenters. The Labute approximate surface area is 230 Å². The smallest absolute Gasteiger partial charge is 0.252 e. The number of nitrogens with one attached hydrogen (secondary N) is 2. The SMILES string of the molecule is NC(=O)c1cccc(NC(=O)[C@@H](NC(=O)[C@@H](N)CCCN=C(N)N)c2ccccc2)c1Oc1cccc(Cl)c1. The van der Waals surface area contributed by atoms with Crippen molar-refractivity contribution >= 4 is 41.0 Å². The van der Waals surface area contributed by atoms with Gasteiger partial charge in [-0.1, -0.05) is 54.1 Å². The zero-order valence-electron chi connectivity index (χ0n) is 21.0. The van der Waals surface area contributed by atoms with Gasteiger partial charge in [0.05, 0.1) is 17.3 Å².